The third kappa shape index (κ3) is 4.64. The molecule has 1 atom stereocenters. The van der Waals surface area contributed by atoms with Gasteiger partial charge in [0.05, 0.1) is 0 Å². The van der Waals surface area contributed by atoms with Gasteiger partial charge in [-0.25, -0.2) is 8.78 Å². The van der Waals surface area contributed by atoms with Crippen molar-refractivity contribution in [3.05, 3.63) is 70.8 Å². The summed E-state index contributed by atoms with van der Waals surface area (Å²) in [4.78, 5) is 0. The first-order chi connectivity index (χ1) is 10.1. The molecule has 0 spiro atoms. The van der Waals surface area contributed by atoms with Crippen LogP contribution in [0.4, 0.5) is 8.78 Å². The summed E-state index contributed by atoms with van der Waals surface area (Å²) < 4.78 is 26.3. The van der Waals surface area contributed by atoms with Crippen molar-refractivity contribution < 1.29 is 8.78 Å². The second-order valence-corrected chi connectivity index (χ2v) is 5.40. The fourth-order valence-electron chi connectivity index (χ4n) is 2.58. The number of halogens is 2. The van der Waals surface area contributed by atoms with E-state index >= 15 is 0 Å². The molecular formula is C18H21F2N. The van der Waals surface area contributed by atoms with Gasteiger partial charge in [0.25, 0.3) is 0 Å². The molecule has 2 rings (SSSR count). The topological polar surface area (TPSA) is 12.0 Å². The number of hydrogen-bond acceptors (Lipinski definition) is 1. The van der Waals surface area contributed by atoms with Gasteiger partial charge in [-0.05, 0) is 49.6 Å². The van der Waals surface area contributed by atoms with E-state index in [0.717, 1.165) is 18.5 Å². The van der Waals surface area contributed by atoms with E-state index in [1.807, 2.05) is 6.07 Å². The first kappa shape index (κ1) is 15.6. The van der Waals surface area contributed by atoms with Crippen LogP contribution < -0.4 is 5.32 Å². The van der Waals surface area contributed by atoms with Gasteiger partial charge in [-0.15, -0.1) is 0 Å². The molecule has 0 aliphatic heterocycles. The maximum atomic E-state index is 13.3. The number of nitrogens with one attached hydrogen (secondary N) is 1. The Morgan fingerprint density at radius 2 is 1.67 bits per heavy atom. The van der Waals surface area contributed by atoms with Gasteiger partial charge in [-0.1, -0.05) is 42.8 Å². The van der Waals surface area contributed by atoms with Gasteiger partial charge in [-0.2, -0.15) is 0 Å². The van der Waals surface area contributed by atoms with Gasteiger partial charge >= 0.3 is 0 Å². The molecule has 1 N–H and O–H groups in total. The van der Waals surface area contributed by atoms with Crippen LogP contribution in [-0.4, -0.2) is 12.6 Å². The fourth-order valence-corrected chi connectivity index (χ4v) is 2.58. The average molecular weight is 289 g/mol. The normalized spacial score (nSPS) is 12.4. The van der Waals surface area contributed by atoms with E-state index in [4.69, 9.17) is 0 Å². The zero-order valence-corrected chi connectivity index (χ0v) is 12.5. The molecule has 0 saturated carbocycles. The van der Waals surface area contributed by atoms with Crippen LogP contribution in [-0.2, 0) is 12.8 Å². The Balaban J connectivity index is 2.09. The van der Waals surface area contributed by atoms with E-state index in [1.54, 1.807) is 6.07 Å². The summed E-state index contributed by atoms with van der Waals surface area (Å²) in [7, 11) is 0. The molecule has 112 valence electrons. The molecule has 2 aromatic rings. The van der Waals surface area contributed by atoms with Crippen molar-refractivity contribution in [3.8, 4) is 0 Å². The average Bonchev–Trinajstić information content (AvgIpc) is 2.43. The van der Waals surface area contributed by atoms with Gasteiger partial charge in [0, 0.05) is 6.04 Å². The van der Waals surface area contributed by atoms with Crippen molar-refractivity contribution >= 4 is 0 Å². The summed E-state index contributed by atoms with van der Waals surface area (Å²) >= 11 is 0. The minimum absolute atomic E-state index is 0.210. The molecule has 0 saturated heterocycles. The minimum atomic E-state index is -0.794. The zero-order valence-electron chi connectivity index (χ0n) is 12.5. The molecule has 0 bridgehead atoms. The molecule has 0 amide bonds. The Morgan fingerprint density at radius 1 is 0.952 bits per heavy atom. The lowest BCUT2D eigenvalue weighted by molar-refractivity contribution is 0.498. The summed E-state index contributed by atoms with van der Waals surface area (Å²) in [6, 6.07) is 12.7. The van der Waals surface area contributed by atoms with Crippen molar-refractivity contribution in [2.24, 2.45) is 0 Å². The highest BCUT2D eigenvalue weighted by Gasteiger charge is 2.11. The van der Waals surface area contributed by atoms with Gasteiger partial charge in [0.2, 0.25) is 0 Å². The van der Waals surface area contributed by atoms with Gasteiger partial charge in [0.1, 0.15) is 0 Å². The van der Waals surface area contributed by atoms with Crippen molar-refractivity contribution in [2.75, 3.05) is 6.54 Å². The van der Waals surface area contributed by atoms with E-state index < -0.39 is 11.6 Å². The van der Waals surface area contributed by atoms with Gasteiger partial charge in [-0.3, -0.25) is 0 Å². The Morgan fingerprint density at radius 3 is 2.29 bits per heavy atom. The molecule has 1 unspecified atom stereocenters. The molecule has 0 fully saturated rings. The zero-order chi connectivity index (χ0) is 15.2. The van der Waals surface area contributed by atoms with Crippen LogP contribution in [0.25, 0.3) is 0 Å². The predicted molar refractivity (Wildman–Crippen MR) is 82.4 cm³/mol. The molecule has 0 heterocycles. The smallest absolute Gasteiger partial charge is 0.159 e. The number of rotatable bonds is 6. The number of benzene rings is 2. The third-order valence-corrected chi connectivity index (χ3v) is 3.52. The van der Waals surface area contributed by atoms with Gasteiger partial charge in [0.15, 0.2) is 11.6 Å². The summed E-state index contributed by atoms with van der Waals surface area (Å²) in [6.45, 7) is 4.97. The molecule has 21 heavy (non-hydrogen) atoms. The minimum Gasteiger partial charge on any atom is -0.314 e. The quantitative estimate of drug-likeness (QED) is 0.846. The molecule has 0 aromatic heterocycles. The first-order valence-electron chi connectivity index (χ1n) is 7.31. The first-order valence-corrected chi connectivity index (χ1v) is 7.31. The Hall–Kier alpha value is -1.74. The molecule has 2 aromatic carbocycles. The maximum absolute atomic E-state index is 13.3. The number of hydrogen-bond donors (Lipinski definition) is 1. The lowest BCUT2D eigenvalue weighted by atomic mass is 9.98. The summed E-state index contributed by atoms with van der Waals surface area (Å²) in [6.07, 6.45) is 1.55. The standard InChI is InChI=1S/C18H21F2N/c1-3-21-16(10-14-6-4-5-13(2)9-14)11-15-7-8-17(19)18(20)12-15/h4-9,12,16,21H,3,10-11H2,1-2H3. The monoisotopic (exact) mass is 289 g/mol. The molecule has 0 aliphatic rings. The van der Waals surface area contributed by atoms with Crippen molar-refractivity contribution in [3.63, 3.8) is 0 Å². The van der Waals surface area contributed by atoms with Crippen molar-refractivity contribution in [1.82, 2.24) is 5.32 Å². The third-order valence-electron chi connectivity index (χ3n) is 3.52. The Kier molecular flexibility index (Phi) is 5.45. The van der Waals surface area contributed by atoms with E-state index in [-0.39, 0.29) is 6.04 Å². The number of aryl methyl sites for hydroxylation is 1. The largest absolute Gasteiger partial charge is 0.314 e. The Bertz CT molecular complexity index is 596. The van der Waals surface area contributed by atoms with Crippen LogP contribution in [0.2, 0.25) is 0 Å². The molecule has 0 radical (unpaired) electrons. The molecule has 3 heteroatoms. The van der Waals surface area contributed by atoms with E-state index in [2.05, 4.69) is 37.4 Å². The Labute approximate surface area is 125 Å². The van der Waals surface area contributed by atoms with Crippen LogP contribution in [0.1, 0.15) is 23.6 Å². The van der Waals surface area contributed by atoms with Crippen LogP contribution in [0.15, 0.2) is 42.5 Å². The van der Waals surface area contributed by atoms with E-state index in [0.29, 0.717) is 6.42 Å². The second-order valence-electron chi connectivity index (χ2n) is 5.40. The number of likely N-dealkylation sites (N-methyl/N-ethyl adjacent to an activating group) is 1. The van der Waals surface area contributed by atoms with Crippen LogP contribution in [0, 0.1) is 18.6 Å². The van der Waals surface area contributed by atoms with Crippen LogP contribution >= 0.6 is 0 Å². The summed E-state index contributed by atoms with van der Waals surface area (Å²) in [5, 5.41) is 3.42. The van der Waals surface area contributed by atoms with E-state index in [9.17, 15) is 8.78 Å². The molecule has 1 nitrogen and oxygen atoms in total. The lowest BCUT2D eigenvalue weighted by Gasteiger charge is -2.18. The fraction of sp³-hybridized carbons (Fsp3) is 0.333. The SMILES string of the molecule is CCNC(Cc1cccc(C)c1)Cc1ccc(F)c(F)c1. The maximum Gasteiger partial charge on any atom is 0.159 e. The van der Waals surface area contributed by atoms with Crippen LogP contribution in [0.3, 0.4) is 0 Å². The molecule has 0 aliphatic carbocycles. The van der Waals surface area contributed by atoms with Gasteiger partial charge < -0.3 is 5.32 Å². The molecular weight excluding hydrogens is 268 g/mol. The van der Waals surface area contributed by atoms with Crippen molar-refractivity contribution in [1.29, 1.82) is 0 Å². The second kappa shape index (κ2) is 7.32. The van der Waals surface area contributed by atoms with E-state index in [1.165, 1.54) is 23.3 Å². The van der Waals surface area contributed by atoms with Crippen LogP contribution in [0.5, 0.6) is 0 Å². The summed E-state index contributed by atoms with van der Waals surface area (Å²) in [5.41, 5.74) is 3.30. The highest BCUT2D eigenvalue weighted by molar-refractivity contribution is 5.24. The summed E-state index contributed by atoms with van der Waals surface area (Å²) in [5.74, 6) is -1.57. The van der Waals surface area contributed by atoms with Crippen molar-refractivity contribution in [2.45, 2.75) is 32.7 Å². The highest BCUT2D eigenvalue weighted by atomic mass is 19.2. The highest BCUT2D eigenvalue weighted by Crippen LogP contribution is 2.14. The predicted octanol–water partition coefficient (Wildman–Crippen LogP) is 4.04. The lowest BCUT2D eigenvalue weighted by Crippen LogP contribution is -2.33.